The third kappa shape index (κ3) is 2.70. The molecule has 2 rings (SSSR count). The standard InChI is InChI=1S/C11H8BrFN2OS/c1-6-5-17-11(14-6)15-10(16)9-7(12)3-2-4-8(9)13/h2-5H,1H3,(H,14,15,16). The summed E-state index contributed by atoms with van der Waals surface area (Å²) in [6, 6.07) is 4.39. The van der Waals surface area contributed by atoms with Crippen LogP contribution in [0.25, 0.3) is 0 Å². The summed E-state index contributed by atoms with van der Waals surface area (Å²) in [5.74, 6) is -1.07. The van der Waals surface area contributed by atoms with E-state index in [0.29, 0.717) is 9.60 Å². The molecule has 0 aliphatic carbocycles. The first kappa shape index (κ1) is 12.2. The van der Waals surface area contributed by atoms with Crippen molar-refractivity contribution in [2.24, 2.45) is 0 Å². The van der Waals surface area contributed by atoms with E-state index in [1.165, 1.54) is 23.5 Å². The highest BCUT2D eigenvalue weighted by atomic mass is 79.9. The van der Waals surface area contributed by atoms with Crippen LogP contribution in [0.15, 0.2) is 28.1 Å². The van der Waals surface area contributed by atoms with E-state index in [0.717, 1.165) is 5.69 Å². The summed E-state index contributed by atoms with van der Waals surface area (Å²) < 4.78 is 13.9. The van der Waals surface area contributed by atoms with Gasteiger partial charge in [0.1, 0.15) is 5.82 Å². The number of anilines is 1. The number of rotatable bonds is 2. The average molecular weight is 315 g/mol. The quantitative estimate of drug-likeness (QED) is 0.920. The fraction of sp³-hybridized carbons (Fsp3) is 0.0909. The van der Waals surface area contributed by atoms with Gasteiger partial charge in [0.05, 0.1) is 11.3 Å². The van der Waals surface area contributed by atoms with E-state index in [1.807, 2.05) is 12.3 Å². The van der Waals surface area contributed by atoms with Crippen LogP contribution in [0.5, 0.6) is 0 Å². The number of nitrogens with one attached hydrogen (secondary N) is 1. The van der Waals surface area contributed by atoms with Crippen LogP contribution in [0.3, 0.4) is 0 Å². The molecule has 0 fully saturated rings. The Kier molecular flexibility index (Phi) is 3.54. The van der Waals surface area contributed by atoms with Crippen LogP contribution in [0.1, 0.15) is 16.1 Å². The first-order chi connectivity index (χ1) is 8.08. The number of amides is 1. The Hall–Kier alpha value is -1.27. The van der Waals surface area contributed by atoms with Gasteiger partial charge in [-0.1, -0.05) is 6.07 Å². The van der Waals surface area contributed by atoms with Gasteiger partial charge >= 0.3 is 0 Å². The number of aromatic nitrogens is 1. The summed E-state index contributed by atoms with van der Waals surface area (Å²) >= 11 is 4.45. The number of benzene rings is 1. The number of halogens is 2. The molecule has 0 radical (unpaired) electrons. The molecule has 0 atom stereocenters. The minimum Gasteiger partial charge on any atom is -0.298 e. The van der Waals surface area contributed by atoms with Gasteiger partial charge in [-0.25, -0.2) is 9.37 Å². The predicted molar refractivity (Wildman–Crippen MR) is 68.9 cm³/mol. The van der Waals surface area contributed by atoms with Gasteiger partial charge in [-0.15, -0.1) is 11.3 Å². The number of hydrogen-bond donors (Lipinski definition) is 1. The molecule has 17 heavy (non-hydrogen) atoms. The van der Waals surface area contributed by atoms with E-state index >= 15 is 0 Å². The van der Waals surface area contributed by atoms with Gasteiger partial charge in [-0.2, -0.15) is 0 Å². The van der Waals surface area contributed by atoms with Crippen LogP contribution < -0.4 is 5.32 Å². The Labute approximate surface area is 110 Å². The summed E-state index contributed by atoms with van der Waals surface area (Å²) in [5, 5.41) is 4.83. The predicted octanol–water partition coefficient (Wildman–Crippen LogP) is 3.61. The Bertz CT molecular complexity index is 550. The van der Waals surface area contributed by atoms with Crippen molar-refractivity contribution in [3.63, 3.8) is 0 Å². The largest absolute Gasteiger partial charge is 0.298 e. The number of aryl methyl sites for hydroxylation is 1. The molecule has 3 nitrogen and oxygen atoms in total. The van der Waals surface area contributed by atoms with Crippen molar-refractivity contribution < 1.29 is 9.18 Å². The maximum Gasteiger partial charge on any atom is 0.261 e. The average Bonchev–Trinajstić information content (AvgIpc) is 2.63. The van der Waals surface area contributed by atoms with E-state index in [1.54, 1.807) is 6.07 Å². The minimum absolute atomic E-state index is 0.0136. The van der Waals surface area contributed by atoms with Gasteiger partial charge in [0, 0.05) is 9.85 Å². The van der Waals surface area contributed by atoms with E-state index in [-0.39, 0.29) is 5.56 Å². The zero-order valence-electron chi connectivity index (χ0n) is 8.83. The fourth-order valence-corrected chi connectivity index (χ4v) is 2.49. The maximum absolute atomic E-state index is 13.5. The monoisotopic (exact) mass is 314 g/mol. The summed E-state index contributed by atoms with van der Waals surface area (Å²) in [7, 11) is 0. The van der Waals surface area contributed by atoms with Crippen LogP contribution in [-0.2, 0) is 0 Å². The molecule has 88 valence electrons. The molecule has 1 amide bonds. The highest BCUT2D eigenvalue weighted by Gasteiger charge is 2.16. The van der Waals surface area contributed by atoms with Crippen molar-refractivity contribution in [3.05, 3.63) is 45.1 Å². The van der Waals surface area contributed by atoms with Crippen molar-refractivity contribution in [3.8, 4) is 0 Å². The topological polar surface area (TPSA) is 42.0 Å². The van der Waals surface area contributed by atoms with Gasteiger partial charge in [-0.05, 0) is 35.0 Å². The SMILES string of the molecule is Cc1csc(NC(=O)c2c(F)cccc2Br)n1. The van der Waals surface area contributed by atoms with E-state index in [4.69, 9.17) is 0 Å². The number of carbonyl (C=O) groups is 1. The molecule has 0 aliphatic heterocycles. The van der Waals surface area contributed by atoms with E-state index in [2.05, 4.69) is 26.2 Å². The summed E-state index contributed by atoms with van der Waals surface area (Å²) in [5.41, 5.74) is 0.804. The molecule has 0 spiro atoms. The van der Waals surface area contributed by atoms with Crippen molar-refractivity contribution in [2.75, 3.05) is 5.32 Å². The molecule has 6 heteroatoms. The molecular weight excluding hydrogens is 307 g/mol. The van der Waals surface area contributed by atoms with Gasteiger partial charge in [0.15, 0.2) is 5.13 Å². The first-order valence-corrected chi connectivity index (χ1v) is 6.42. The lowest BCUT2D eigenvalue weighted by atomic mass is 10.2. The fourth-order valence-electron chi connectivity index (χ4n) is 1.29. The van der Waals surface area contributed by atoms with Crippen LogP contribution in [-0.4, -0.2) is 10.9 Å². The highest BCUT2D eigenvalue weighted by Crippen LogP contribution is 2.22. The highest BCUT2D eigenvalue weighted by molar-refractivity contribution is 9.10. The zero-order chi connectivity index (χ0) is 12.4. The van der Waals surface area contributed by atoms with E-state index in [9.17, 15) is 9.18 Å². The van der Waals surface area contributed by atoms with Gasteiger partial charge in [-0.3, -0.25) is 10.1 Å². The van der Waals surface area contributed by atoms with E-state index < -0.39 is 11.7 Å². The lowest BCUT2D eigenvalue weighted by Gasteiger charge is -2.05. The Morgan fingerprint density at radius 1 is 1.53 bits per heavy atom. The Balaban J connectivity index is 2.26. The van der Waals surface area contributed by atoms with Gasteiger partial charge in [0.25, 0.3) is 5.91 Å². The lowest BCUT2D eigenvalue weighted by molar-refractivity contribution is 0.102. The molecule has 1 heterocycles. The van der Waals surface area contributed by atoms with Crippen LogP contribution in [0.4, 0.5) is 9.52 Å². The molecule has 1 aromatic heterocycles. The van der Waals surface area contributed by atoms with Crippen molar-refractivity contribution >= 4 is 38.3 Å². The number of carbonyl (C=O) groups excluding carboxylic acids is 1. The minimum atomic E-state index is -0.565. The summed E-state index contributed by atoms with van der Waals surface area (Å²) in [6.45, 7) is 1.82. The third-order valence-electron chi connectivity index (χ3n) is 2.03. The normalized spacial score (nSPS) is 10.3. The van der Waals surface area contributed by atoms with Crippen molar-refractivity contribution in [1.29, 1.82) is 0 Å². The molecule has 1 aromatic carbocycles. The molecular formula is C11H8BrFN2OS. The maximum atomic E-state index is 13.5. The smallest absolute Gasteiger partial charge is 0.261 e. The number of hydrogen-bond acceptors (Lipinski definition) is 3. The molecule has 1 N–H and O–H groups in total. The summed E-state index contributed by atoms with van der Waals surface area (Å²) in [4.78, 5) is 15.9. The van der Waals surface area contributed by atoms with Crippen LogP contribution in [0.2, 0.25) is 0 Å². The molecule has 0 saturated heterocycles. The lowest BCUT2D eigenvalue weighted by Crippen LogP contribution is -2.14. The van der Waals surface area contributed by atoms with Gasteiger partial charge < -0.3 is 0 Å². The number of thiazole rings is 1. The molecule has 2 aromatic rings. The van der Waals surface area contributed by atoms with Crippen molar-refractivity contribution in [2.45, 2.75) is 6.92 Å². The van der Waals surface area contributed by atoms with Crippen molar-refractivity contribution in [1.82, 2.24) is 4.98 Å². The second-order valence-electron chi connectivity index (χ2n) is 3.34. The molecule has 0 aliphatic rings. The third-order valence-corrected chi connectivity index (χ3v) is 3.57. The second kappa shape index (κ2) is 4.93. The number of nitrogens with zero attached hydrogens (tertiary/aromatic N) is 1. The first-order valence-electron chi connectivity index (χ1n) is 4.75. The Morgan fingerprint density at radius 3 is 2.88 bits per heavy atom. The summed E-state index contributed by atoms with van der Waals surface area (Å²) in [6.07, 6.45) is 0. The molecule has 0 unspecified atom stereocenters. The second-order valence-corrected chi connectivity index (χ2v) is 5.06. The van der Waals surface area contributed by atoms with Crippen LogP contribution >= 0.6 is 27.3 Å². The molecule has 0 saturated carbocycles. The Morgan fingerprint density at radius 2 is 2.29 bits per heavy atom. The molecule has 0 bridgehead atoms. The van der Waals surface area contributed by atoms with Gasteiger partial charge in [0.2, 0.25) is 0 Å². The zero-order valence-corrected chi connectivity index (χ0v) is 11.2. The van der Waals surface area contributed by atoms with Crippen LogP contribution in [0, 0.1) is 12.7 Å².